The van der Waals surface area contributed by atoms with Crippen LogP contribution in [0, 0.1) is 0 Å². The summed E-state index contributed by atoms with van der Waals surface area (Å²) in [5.74, 6) is 1.43. The largest absolute Gasteiger partial charge is 0.473 e. The fraction of sp³-hybridized carbons (Fsp3) is 0.458. The van der Waals surface area contributed by atoms with Crippen molar-refractivity contribution in [2.45, 2.75) is 45.9 Å². The van der Waals surface area contributed by atoms with Crippen LogP contribution < -0.4 is 9.64 Å². The number of piperazine rings is 1. The molecular formula is C24H31N5O3. The Balaban J connectivity index is 1.38. The molecule has 3 heterocycles. The molecule has 8 nitrogen and oxygen atoms in total. The number of hydrogen-bond donors (Lipinski definition) is 0. The number of anilines is 1. The van der Waals surface area contributed by atoms with Gasteiger partial charge >= 0.3 is 6.09 Å². The van der Waals surface area contributed by atoms with E-state index >= 15 is 0 Å². The summed E-state index contributed by atoms with van der Waals surface area (Å²) in [6.45, 7) is 10.1. The van der Waals surface area contributed by atoms with Gasteiger partial charge in [0.05, 0.1) is 11.7 Å². The Bertz CT molecular complexity index is 1100. The van der Waals surface area contributed by atoms with Crippen LogP contribution in [0.25, 0.3) is 10.9 Å². The van der Waals surface area contributed by atoms with Crippen LogP contribution in [-0.4, -0.2) is 57.0 Å². The number of rotatable bonds is 4. The number of fused-ring (bicyclic) bond motifs is 1. The van der Waals surface area contributed by atoms with Gasteiger partial charge in [0.1, 0.15) is 18.0 Å². The zero-order valence-electron chi connectivity index (χ0n) is 19.4. The van der Waals surface area contributed by atoms with E-state index in [0.29, 0.717) is 32.1 Å². The van der Waals surface area contributed by atoms with Gasteiger partial charge in [-0.2, -0.15) is 10.1 Å². The molecule has 4 rings (SSSR count). The molecule has 0 saturated carbocycles. The van der Waals surface area contributed by atoms with Crippen LogP contribution in [0.4, 0.5) is 10.6 Å². The van der Waals surface area contributed by atoms with Gasteiger partial charge in [-0.05, 0) is 45.4 Å². The summed E-state index contributed by atoms with van der Waals surface area (Å²) in [6, 6.07) is 12.0. The Hall–Kier alpha value is -3.29. The minimum absolute atomic E-state index is 0.0237. The minimum atomic E-state index is -0.498. The third-order valence-electron chi connectivity index (χ3n) is 5.49. The average molecular weight is 438 g/mol. The molecule has 2 aromatic heterocycles. The van der Waals surface area contributed by atoms with Gasteiger partial charge in [0, 0.05) is 44.2 Å². The quantitative estimate of drug-likeness (QED) is 0.615. The molecule has 1 aliphatic heterocycles. The Morgan fingerprint density at radius 1 is 1.19 bits per heavy atom. The number of aryl methyl sites for hydroxylation is 1. The van der Waals surface area contributed by atoms with E-state index in [4.69, 9.17) is 14.5 Å². The van der Waals surface area contributed by atoms with Gasteiger partial charge in [0.25, 0.3) is 0 Å². The molecule has 0 aliphatic carbocycles. The maximum absolute atomic E-state index is 12.5. The Labute approximate surface area is 188 Å². The molecule has 32 heavy (non-hydrogen) atoms. The van der Waals surface area contributed by atoms with Gasteiger partial charge in [0.15, 0.2) is 0 Å². The topological polar surface area (TPSA) is 72.7 Å². The van der Waals surface area contributed by atoms with Crippen molar-refractivity contribution in [2.24, 2.45) is 7.05 Å². The van der Waals surface area contributed by atoms with Crippen LogP contribution in [0.1, 0.15) is 33.3 Å². The van der Waals surface area contributed by atoms with Crippen molar-refractivity contribution in [3.05, 3.63) is 48.2 Å². The lowest BCUT2D eigenvalue weighted by Crippen LogP contribution is -2.55. The van der Waals surface area contributed by atoms with Crippen molar-refractivity contribution in [1.82, 2.24) is 19.7 Å². The highest BCUT2D eigenvalue weighted by Gasteiger charge is 2.31. The van der Waals surface area contributed by atoms with Crippen molar-refractivity contribution >= 4 is 22.8 Å². The summed E-state index contributed by atoms with van der Waals surface area (Å²) in [6.07, 6.45) is 1.59. The summed E-state index contributed by atoms with van der Waals surface area (Å²) < 4.78 is 13.4. The fourth-order valence-electron chi connectivity index (χ4n) is 3.85. The van der Waals surface area contributed by atoms with Gasteiger partial charge in [0.2, 0.25) is 5.88 Å². The average Bonchev–Trinajstić information content (AvgIpc) is 3.11. The first-order chi connectivity index (χ1) is 15.2. The highest BCUT2D eigenvalue weighted by atomic mass is 16.6. The van der Waals surface area contributed by atoms with Crippen molar-refractivity contribution < 1.29 is 14.3 Å². The van der Waals surface area contributed by atoms with Gasteiger partial charge in [-0.15, -0.1) is 0 Å². The predicted octanol–water partition coefficient (Wildman–Crippen LogP) is 3.99. The molecular weight excluding hydrogens is 406 g/mol. The zero-order valence-corrected chi connectivity index (χ0v) is 19.4. The monoisotopic (exact) mass is 437 g/mol. The van der Waals surface area contributed by atoms with E-state index < -0.39 is 5.60 Å². The number of pyridine rings is 1. The summed E-state index contributed by atoms with van der Waals surface area (Å²) in [5.41, 5.74) is 1.64. The number of amides is 1. The van der Waals surface area contributed by atoms with Crippen LogP contribution in [0.2, 0.25) is 0 Å². The van der Waals surface area contributed by atoms with E-state index in [1.807, 2.05) is 69.9 Å². The number of aromatic nitrogens is 3. The molecule has 1 unspecified atom stereocenters. The number of carbonyl (C=O) groups is 1. The first-order valence-electron chi connectivity index (χ1n) is 10.9. The minimum Gasteiger partial charge on any atom is -0.473 e. The van der Waals surface area contributed by atoms with E-state index in [1.165, 1.54) is 0 Å². The molecule has 1 saturated heterocycles. The zero-order chi connectivity index (χ0) is 22.9. The van der Waals surface area contributed by atoms with E-state index in [0.717, 1.165) is 22.3 Å². The molecule has 3 aromatic rings. The second-order valence-electron chi connectivity index (χ2n) is 9.25. The van der Waals surface area contributed by atoms with E-state index in [2.05, 4.69) is 22.1 Å². The lowest BCUT2D eigenvalue weighted by Gasteiger charge is -2.40. The Kier molecular flexibility index (Phi) is 5.95. The van der Waals surface area contributed by atoms with Crippen molar-refractivity contribution in [2.75, 3.05) is 24.5 Å². The number of hydrogen-bond acceptors (Lipinski definition) is 6. The third-order valence-corrected chi connectivity index (χ3v) is 5.49. The lowest BCUT2D eigenvalue weighted by atomic mass is 10.2. The normalized spacial score (nSPS) is 17.0. The van der Waals surface area contributed by atoms with E-state index in [9.17, 15) is 4.79 Å². The standard InChI is InChI=1S/C24H31N5O3/c1-17-15-28(11-12-29(17)23(30)32-24(2,3)4)21-7-6-8-22(26-21)31-16-18-9-10-19-14-25-27(5)20(19)13-18/h6-10,13-14,17H,11-12,15-16H2,1-5H3. The van der Waals surface area contributed by atoms with Crippen molar-refractivity contribution in [3.8, 4) is 5.88 Å². The van der Waals surface area contributed by atoms with Crippen LogP contribution >= 0.6 is 0 Å². The second-order valence-corrected chi connectivity index (χ2v) is 9.25. The van der Waals surface area contributed by atoms with E-state index in [1.54, 1.807) is 4.90 Å². The summed E-state index contributed by atoms with van der Waals surface area (Å²) in [4.78, 5) is 21.1. The molecule has 170 valence electrons. The number of nitrogens with zero attached hydrogens (tertiary/aromatic N) is 5. The number of ether oxygens (including phenoxy) is 2. The van der Waals surface area contributed by atoms with Gasteiger partial charge in [-0.1, -0.05) is 18.2 Å². The molecule has 1 amide bonds. The Morgan fingerprint density at radius 2 is 2.00 bits per heavy atom. The van der Waals surface area contributed by atoms with Crippen molar-refractivity contribution in [1.29, 1.82) is 0 Å². The summed E-state index contributed by atoms with van der Waals surface area (Å²) in [5, 5.41) is 5.39. The van der Waals surface area contributed by atoms with Gasteiger partial charge in [-0.25, -0.2) is 4.79 Å². The number of carbonyl (C=O) groups excluding carboxylic acids is 1. The second kappa shape index (κ2) is 8.68. The molecule has 8 heteroatoms. The lowest BCUT2D eigenvalue weighted by molar-refractivity contribution is 0.0158. The van der Waals surface area contributed by atoms with Crippen molar-refractivity contribution in [3.63, 3.8) is 0 Å². The summed E-state index contributed by atoms with van der Waals surface area (Å²) >= 11 is 0. The molecule has 1 fully saturated rings. The van der Waals surface area contributed by atoms with Crippen LogP contribution in [0.3, 0.4) is 0 Å². The molecule has 1 aromatic carbocycles. The highest BCUT2D eigenvalue weighted by Crippen LogP contribution is 2.22. The molecule has 1 atom stereocenters. The Morgan fingerprint density at radius 3 is 2.75 bits per heavy atom. The number of benzene rings is 1. The van der Waals surface area contributed by atoms with Gasteiger partial charge in [-0.3, -0.25) is 4.68 Å². The van der Waals surface area contributed by atoms with Gasteiger partial charge < -0.3 is 19.3 Å². The third kappa shape index (κ3) is 4.95. The maximum atomic E-state index is 12.5. The van der Waals surface area contributed by atoms with E-state index in [-0.39, 0.29) is 12.1 Å². The predicted molar refractivity (Wildman–Crippen MR) is 124 cm³/mol. The first-order valence-corrected chi connectivity index (χ1v) is 10.9. The molecule has 0 bridgehead atoms. The molecule has 0 radical (unpaired) electrons. The SMILES string of the molecule is CC1CN(c2cccc(OCc3ccc4cnn(C)c4c3)n2)CCN1C(=O)OC(C)(C)C. The van der Waals surface area contributed by atoms with Crippen LogP contribution in [-0.2, 0) is 18.4 Å². The summed E-state index contributed by atoms with van der Waals surface area (Å²) in [7, 11) is 1.93. The molecule has 0 spiro atoms. The maximum Gasteiger partial charge on any atom is 0.410 e. The highest BCUT2D eigenvalue weighted by molar-refractivity contribution is 5.79. The fourth-order valence-corrected chi connectivity index (χ4v) is 3.85. The first kappa shape index (κ1) is 21.9. The smallest absolute Gasteiger partial charge is 0.410 e. The van der Waals surface area contributed by atoms with Crippen LogP contribution in [0.15, 0.2) is 42.6 Å². The molecule has 0 N–H and O–H groups in total. The molecule has 1 aliphatic rings. The van der Waals surface area contributed by atoms with Crippen LogP contribution in [0.5, 0.6) is 5.88 Å².